The van der Waals surface area contributed by atoms with E-state index in [-0.39, 0.29) is 61.4 Å². The van der Waals surface area contributed by atoms with Gasteiger partial charge < -0.3 is 41.9 Å². The quantitative estimate of drug-likeness (QED) is 0.0612. The lowest BCUT2D eigenvalue weighted by Gasteiger charge is -2.29. The molecule has 1 fully saturated rings. The van der Waals surface area contributed by atoms with E-state index in [0.29, 0.717) is 38.6 Å². The van der Waals surface area contributed by atoms with Gasteiger partial charge in [0.2, 0.25) is 17.8 Å². The number of aliphatic carboxylic acids is 3. The van der Waals surface area contributed by atoms with Crippen molar-refractivity contribution in [2.45, 2.75) is 82.3 Å². The van der Waals surface area contributed by atoms with Gasteiger partial charge in [-0.15, -0.1) is 0 Å². The van der Waals surface area contributed by atoms with E-state index in [1.165, 1.54) is 12.3 Å². The number of hydrogen-bond donors (Lipinski definition) is 8. The third-order valence-corrected chi connectivity index (χ3v) is 9.72. The fourth-order valence-electron chi connectivity index (χ4n) is 6.53. The molecule has 3 aromatic rings. The molecule has 8 N–H and O–H groups in total. The second-order valence-electron chi connectivity index (χ2n) is 13.9. The zero-order valence-electron chi connectivity index (χ0n) is 30.7. The maximum atomic E-state index is 13.5. The highest BCUT2D eigenvalue weighted by molar-refractivity contribution is 5.94. The number of benzene rings is 2. The van der Waals surface area contributed by atoms with Gasteiger partial charge >= 0.3 is 23.9 Å². The zero-order valence-corrected chi connectivity index (χ0v) is 30.7. The summed E-state index contributed by atoms with van der Waals surface area (Å²) in [6.45, 7) is 0.538. The summed E-state index contributed by atoms with van der Waals surface area (Å²) in [5, 5.41) is 42.5. The molecule has 1 saturated carbocycles. The Hall–Kier alpha value is -6.13. The summed E-state index contributed by atoms with van der Waals surface area (Å²) < 4.78 is 13.1. The minimum atomic E-state index is -1.53. The van der Waals surface area contributed by atoms with E-state index in [1.54, 1.807) is 0 Å². The second kappa shape index (κ2) is 21.1. The monoisotopic (exact) mass is 777 g/mol. The summed E-state index contributed by atoms with van der Waals surface area (Å²) in [4.78, 5) is 89.2. The van der Waals surface area contributed by atoms with E-state index < -0.39 is 60.3 Å². The molecule has 3 atom stereocenters. The Kier molecular flexibility index (Phi) is 16.0. The van der Waals surface area contributed by atoms with Gasteiger partial charge in [-0.1, -0.05) is 42.5 Å². The van der Waals surface area contributed by atoms with Gasteiger partial charge in [-0.3, -0.25) is 19.2 Å². The van der Waals surface area contributed by atoms with Gasteiger partial charge in [-0.25, -0.2) is 19.4 Å². The maximum absolute atomic E-state index is 13.5. The molecule has 1 aliphatic carbocycles. The number of fused-ring (bicyclic) bond motifs is 1. The van der Waals surface area contributed by atoms with Crippen LogP contribution in [0.2, 0.25) is 0 Å². The van der Waals surface area contributed by atoms with E-state index in [9.17, 15) is 48.2 Å². The summed E-state index contributed by atoms with van der Waals surface area (Å²) in [5.41, 5.74) is 1.09. The van der Waals surface area contributed by atoms with E-state index in [4.69, 9.17) is 5.11 Å². The number of rotatable bonds is 20. The van der Waals surface area contributed by atoms with Crippen molar-refractivity contribution in [2.24, 2.45) is 11.8 Å². The number of carbonyl (C=O) groups is 7. The molecule has 0 bridgehead atoms. The van der Waals surface area contributed by atoms with Crippen LogP contribution in [0.1, 0.15) is 73.7 Å². The van der Waals surface area contributed by atoms with Crippen molar-refractivity contribution in [3.8, 4) is 0 Å². The molecule has 56 heavy (non-hydrogen) atoms. The molecule has 1 aromatic heterocycles. The number of urea groups is 1. The van der Waals surface area contributed by atoms with Crippen LogP contribution in [-0.4, -0.2) is 93.2 Å². The first-order valence-corrected chi connectivity index (χ1v) is 18.5. The van der Waals surface area contributed by atoms with Crippen molar-refractivity contribution < 1.29 is 53.3 Å². The number of halogens is 1. The molecule has 5 amide bonds. The molecule has 17 heteroatoms. The van der Waals surface area contributed by atoms with Crippen LogP contribution in [-0.2, 0) is 30.4 Å². The number of amides is 5. The van der Waals surface area contributed by atoms with E-state index in [2.05, 4.69) is 31.6 Å². The standard InChI is InChI=1S/C39H47FN6O10/c40-32-16-14-28(22-42-32)34(49)43-21-23-8-12-26(13-9-23)35(50)44-31(20-24-10-11-25-5-1-2-6-27(25)19-24)36(51)41-18-4-3-7-29(37(52)53)45-39(56)46-30(38(54)55)15-17-33(47)48/h1-2,5-6,10-11,14,16,19,22-23,26,29-31H,3-4,7-9,12-13,15,17-18,20-21H2,(H,41,51)(H,43,49)(H,44,50)(H,47,48)(H,52,53)(H,54,55)(H2,45,46,56)/t23?,26?,29-,30-,31-/m0/s1/i40-1. The largest absolute Gasteiger partial charge is 0.481 e. The molecule has 1 heterocycles. The van der Waals surface area contributed by atoms with Crippen molar-refractivity contribution >= 4 is 52.4 Å². The number of carbonyl (C=O) groups excluding carboxylic acids is 4. The average Bonchev–Trinajstić information content (AvgIpc) is 3.17. The summed E-state index contributed by atoms with van der Waals surface area (Å²) in [5.74, 6) is -5.99. The predicted octanol–water partition coefficient (Wildman–Crippen LogP) is 2.99. The van der Waals surface area contributed by atoms with E-state index in [0.717, 1.165) is 22.4 Å². The smallest absolute Gasteiger partial charge is 0.326 e. The van der Waals surface area contributed by atoms with E-state index >= 15 is 0 Å². The Bertz CT molecular complexity index is 1870. The Balaban J connectivity index is 1.28. The summed E-state index contributed by atoms with van der Waals surface area (Å²) in [6, 6.07) is 11.1. The van der Waals surface area contributed by atoms with Crippen LogP contribution in [0.3, 0.4) is 0 Å². The Labute approximate surface area is 322 Å². The van der Waals surface area contributed by atoms with Gasteiger partial charge in [-0.05, 0) is 85.8 Å². The first kappa shape index (κ1) is 42.6. The second-order valence-corrected chi connectivity index (χ2v) is 13.9. The third kappa shape index (κ3) is 13.6. The first-order valence-electron chi connectivity index (χ1n) is 18.5. The van der Waals surface area contributed by atoms with Crippen molar-refractivity contribution in [1.82, 2.24) is 31.6 Å². The zero-order chi connectivity index (χ0) is 40.6. The van der Waals surface area contributed by atoms with Gasteiger partial charge in [0.05, 0.1) is 5.56 Å². The number of carboxylic acid groups (broad SMARTS) is 3. The molecule has 2 aromatic carbocycles. The van der Waals surface area contributed by atoms with Crippen LogP contribution in [0.5, 0.6) is 0 Å². The molecule has 1 aliphatic rings. The lowest BCUT2D eigenvalue weighted by Crippen LogP contribution is -2.51. The molecule has 300 valence electrons. The average molecular weight is 778 g/mol. The molecular weight excluding hydrogens is 730 g/mol. The Morgan fingerprint density at radius 2 is 1.43 bits per heavy atom. The number of aromatic nitrogens is 1. The third-order valence-electron chi connectivity index (χ3n) is 9.72. The number of nitrogens with zero attached hydrogens (tertiary/aromatic N) is 1. The minimum absolute atomic E-state index is 0.0431. The SMILES string of the molecule is O=C(O)CC[C@H](NC(=O)N[C@@H](CCCCNC(=O)[C@H](Cc1ccc2ccccc2c1)NC(=O)C1CCC(CNC(=O)c2ccc([18F])nc2)CC1)C(=O)O)C(=O)O. The van der Waals surface area contributed by atoms with Crippen LogP contribution >= 0.6 is 0 Å². The van der Waals surface area contributed by atoms with Crippen molar-refractivity contribution in [3.05, 3.63) is 77.9 Å². The summed E-state index contributed by atoms with van der Waals surface area (Å²) >= 11 is 0. The van der Waals surface area contributed by atoms with Crippen molar-refractivity contribution in [3.63, 3.8) is 0 Å². The molecular formula is C39H47FN6O10. The number of hydrogen-bond acceptors (Lipinski definition) is 8. The van der Waals surface area contributed by atoms with Gasteiger partial charge in [-0.2, -0.15) is 4.39 Å². The highest BCUT2D eigenvalue weighted by atomic mass is 18.2. The lowest BCUT2D eigenvalue weighted by molar-refractivity contribution is -0.141. The maximum Gasteiger partial charge on any atom is 0.326 e. The highest BCUT2D eigenvalue weighted by Crippen LogP contribution is 2.29. The topological polar surface area (TPSA) is 253 Å². The molecule has 0 unspecified atom stereocenters. The van der Waals surface area contributed by atoms with Crippen LogP contribution in [0, 0.1) is 17.8 Å². The summed E-state index contributed by atoms with van der Waals surface area (Å²) in [6.07, 6.45) is 3.50. The highest BCUT2D eigenvalue weighted by Gasteiger charge is 2.30. The molecule has 0 saturated heterocycles. The van der Waals surface area contributed by atoms with Crippen LogP contribution in [0.25, 0.3) is 10.8 Å². The fraction of sp³-hybridized carbons (Fsp3) is 0.436. The van der Waals surface area contributed by atoms with E-state index in [1.807, 2.05) is 42.5 Å². The van der Waals surface area contributed by atoms with Crippen LogP contribution in [0.15, 0.2) is 60.8 Å². The molecule has 16 nitrogen and oxygen atoms in total. The normalized spacial score (nSPS) is 16.7. The van der Waals surface area contributed by atoms with Gasteiger partial charge in [0, 0.05) is 38.0 Å². The Morgan fingerprint density at radius 1 is 0.750 bits per heavy atom. The number of carboxylic acids is 3. The van der Waals surface area contributed by atoms with Crippen LogP contribution in [0.4, 0.5) is 9.18 Å². The molecule has 0 spiro atoms. The number of unbranched alkanes of at least 4 members (excludes halogenated alkanes) is 1. The van der Waals surface area contributed by atoms with Crippen molar-refractivity contribution in [1.29, 1.82) is 0 Å². The minimum Gasteiger partial charge on any atom is -0.481 e. The number of pyridine rings is 1. The number of nitrogens with one attached hydrogen (secondary N) is 5. The molecule has 0 radical (unpaired) electrons. The Morgan fingerprint density at radius 3 is 2.07 bits per heavy atom. The van der Waals surface area contributed by atoms with Crippen LogP contribution < -0.4 is 26.6 Å². The molecule has 0 aliphatic heterocycles. The fourth-order valence-corrected chi connectivity index (χ4v) is 6.53. The molecule has 4 rings (SSSR count). The van der Waals surface area contributed by atoms with Gasteiger partial charge in [0.1, 0.15) is 18.1 Å². The first-order chi connectivity index (χ1) is 26.8. The lowest BCUT2D eigenvalue weighted by atomic mass is 9.81. The van der Waals surface area contributed by atoms with Gasteiger partial charge in [0.15, 0.2) is 0 Å². The van der Waals surface area contributed by atoms with Crippen molar-refractivity contribution in [2.75, 3.05) is 13.1 Å². The predicted molar refractivity (Wildman–Crippen MR) is 200 cm³/mol. The summed E-state index contributed by atoms with van der Waals surface area (Å²) in [7, 11) is 0. The van der Waals surface area contributed by atoms with Gasteiger partial charge in [0.25, 0.3) is 5.91 Å².